The fraction of sp³-hybridized carbons (Fsp3) is 0.0588. The van der Waals surface area contributed by atoms with Gasteiger partial charge in [-0.3, -0.25) is 4.79 Å². The molecule has 7 nitrogen and oxygen atoms in total. The van der Waals surface area contributed by atoms with Crippen LogP contribution in [0.4, 0.5) is 5.69 Å². The molecule has 0 radical (unpaired) electrons. The number of hydrogen-bond donors (Lipinski definition) is 1. The van der Waals surface area contributed by atoms with Crippen molar-refractivity contribution in [2.45, 2.75) is 0 Å². The predicted octanol–water partition coefficient (Wildman–Crippen LogP) is 3.28. The van der Waals surface area contributed by atoms with Crippen molar-refractivity contribution < 1.29 is 13.9 Å². The number of anilines is 1. The van der Waals surface area contributed by atoms with E-state index in [-0.39, 0.29) is 6.61 Å². The number of nitriles is 1. The number of aromatic nitrogens is 2. The number of nitrogens with zero attached hydrogens (tertiary/aromatic N) is 3. The second kappa shape index (κ2) is 7.47. The number of nitrogens with one attached hydrogen (secondary N) is 1. The second-order valence-corrected chi connectivity index (χ2v) is 5.34. The van der Waals surface area contributed by atoms with Crippen LogP contribution in [0.1, 0.15) is 5.56 Å². The van der Waals surface area contributed by atoms with Gasteiger partial charge in [0.15, 0.2) is 6.61 Å². The normalized spacial score (nSPS) is 10.1. The molecule has 8 heteroatoms. The first-order valence-electron chi connectivity index (χ1n) is 7.14. The van der Waals surface area contributed by atoms with Crippen molar-refractivity contribution in [2.24, 2.45) is 0 Å². The van der Waals surface area contributed by atoms with E-state index in [4.69, 9.17) is 26.0 Å². The third-order valence-corrected chi connectivity index (χ3v) is 3.44. The quantitative estimate of drug-likeness (QED) is 0.754. The van der Waals surface area contributed by atoms with Gasteiger partial charge < -0.3 is 14.5 Å². The topological polar surface area (TPSA) is 101 Å². The summed E-state index contributed by atoms with van der Waals surface area (Å²) in [6.45, 7) is -0.211. The van der Waals surface area contributed by atoms with Crippen molar-refractivity contribution in [3.63, 3.8) is 0 Å². The molecule has 3 aromatic rings. The van der Waals surface area contributed by atoms with Gasteiger partial charge in [-0.15, -0.1) is 10.2 Å². The third kappa shape index (κ3) is 4.13. The first-order valence-corrected chi connectivity index (χ1v) is 7.52. The molecule has 0 aliphatic rings. The van der Waals surface area contributed by atoms with Gasteiger partial charge in [-0.2, -0.15) is 5.26 Å². The minimum atomic E-state index is -0.403. The molecule has 0 unspecified atom stereocenters. The number of amides is 1. The van der Waals surface area contributed by atoms with Crippen molar-refractivity contribution >= 4 is 23.2 Å². The van der Waals surface area contributed by atoms with Crippen molar-refractivity contribution in [3.8, 4) is 23.3 Å². The predicted molar refractivity (Wildman–Crippen MR) is 90.0 cm³/mol. The van der Waals surface area contributed by atoms with Gasteiger partial charge in [-0.05, 0) is 42.5 Å². The van der Waals surface area contributed by atoms with Gasteiger partial charge in [0, 0.05) is 10.6 Å². The van der Waals surface area contributed by atoms with Gasteiger partial charge >= 0.3 is 0 Å². The van der Waals surface area contributed by atoms with Crippen LogP contribution in [0, 0.1) is 11.3 Å². The minimum absolute atomic E-state index is 0.211. The standard InChI is InChI=1S/C17H11ClN4O3/c18-13-4-1-12(8-19)15(7-13)21-16(23)9-24-14-5-2-11(3-6-14)17-22-20-10-25-17/h1-7,10H,9H2,(H,21,23). The van der Waals surface area contributed by atoms with E-state index >= 15 is 0 Å². The highest BCUT2D eigenvalue weighted by atomic mass is 35.5. The Morgan fingerprint density at radius 3 is 2.76 bits per heavy atom. The van der Waals surface area contributed by atoms with Gasteiger partial charge in [0.1, 0.15) is 11.8 Å². The Hall–Kier alpha value is -3.37. The van der Waals surface area contributed by atoms with Crippen molar-refractivity contribution in [1.29, 1.82) is 5.26 Å². The number of carbonyl (C=O) groups is 1. The smallest absolute Gasteiger partial charge is 0.262 e. The van der Waals surface area contributed by atoms with E-state index in [2.05, 4.69) is 15.5 Å². The van der Waals surface area contributed by atoms with Gasteiger partial charge in [-0.1, -0.05) is 11.6 Å². The fourth-order valence-electron chi connectivity index (χ4n) is 2.05. The van der Waals surface area contributed by atoms with Gasteiger partial charge in [0.2, 0.25) is 12.3 Å². The largest absolute Gasteiger partial charge is 0.484 e. The Morgan fingerprint density at radius 2 is 2.08 bits per heavy atom. The number of benzene rings is 2. The zero-order valence-electron chi connectivity index (χ0n) is 12.8. The molecule has 0 saturated heterocycles. The van der Waals surface area contributed by atoms with Crippen molar-refractivity contribution in [2.75, 3.05) is 11.9 Å². The average Bonchev–Trinajstić information content (AvgIpc) is 3.15. The summed E-state index contributed by atoms with van der Waals surface area (Å²) in [5, 5.41) is 19.5. The lowest BCUT2D eigenvalue weighted by Crippen LogP contribution is -2.20. The average molecular weight is 355 g/mol. The van der Waals surface area contributed by atoms with E-state index in [1.807, 2.05) is 6.07 Å². The molecule has 3 rings (SSSR count). The van der Waals surface area contributed by atoms with Gasteiger partial charge in [-0.25, -0.2) is 0 Å². The van der Waals surface area contributed by atoms with E-state index in [9.17, 15) is 4.79 Å². The molecule has 0 saturated carbocycles. The molecule has 1 heterocycles. The molecule has 1 aromatic heterocycles. The second-order valence-electron chi connectivity index (χ2n) is 4.91. The summed E-state index contributed by atoms with van der Waals surface area (Å²) >= 11 is 5.88. The summed E-state index contributed by atoms with van der Waals surface area (Å²) < 4.78 is 10.5. The molecule has 0 fully saturated rings. The maximum Gasteiger partial charge on any atom is 0.262 e. The molecular formula is C17H11ClN4O3. The zero-order valence-corrected chi connectivity index (χ0v) is 13.5. The van der Waals surface area contributed by atoms with Crippen molar-refractivity contribution in [3.05, 3.63) is 59.4 Å². The first-order chi connectivity index (χ1) is 12.2. The van der Waals surface area contributed by atoms with E-state index in [1.165, 1.54) is 18.5 Å². The molecule has 0 aliphatic carbocycles. The monoisotopic (exact) mass is 354 g/mol. The Kier molecular flexibility index (Phi) is 4.92. The lowest BCUT2D eigenvalue weighted by atomic mass is 10.2. The number of halogens is 1. The zero-order chi connectivity index (χ0) is 17.6. The fourth-order valence-corrected chi connectivity index (χ4v) is 2.22. The molecule has 0 atom stereocenters. The Morgan fingerprint density at radius 1 is 1.28 bits per heavy atom. The van der Waals surface area contributed by atoms with Crippen molar-refractivity contribution in [1.82, 2.24) is 10.2 Å². The Balaban J connectivity index is 1.59. The molecular weight excluding hydrogens is 344 g/mol. The molecule has 0 spiro atoms. The van der Waals surface area contributed by atoms with Crippen LogP contribution in [0.3, 0.4) is 0 Å². The van der Waals surface area contributed by atoms with Crippen LogP contribution in [0.2, 0.25) is 5.02 Å². The molecule has 0 aliphatic heterocycles. The highest BCUT2D eigenvalue weighted by molar-refractivity contribution is 6.31. The number of ether oxygens (including phenoxy) is 1. The van der Waals surface area contributed by atoms with Crippen LogP contribution >= 0.6 is 11.6 Å². The lowest BCUT2D eigenvalue weighted by Gasteiger charge is -2.09. The van der Waals surface area contributed by atoms with Crippen LogP contribution in [-0.4, -0.2) is 22.7 Å². The highest BCUT2D eigenvalue weighted by Gasteiger charge is 2.09. The molecule has 2 aromatic carbocycles. The SMILES string of the molecule is N#Cc1ccc(Cl)cc1NC(=O)COc1ccc(-c2nnco2)cc1. The Labute approximate surface area is 147 Å². The maximum atomic E-state index is 12.0. The summed E-state index contributed by atoms with van der Waals surface area (Å²) in [5.74, 6) is 0.499. The molecule has 25 heavy (non-hydrogen) atoms. The maximum absolute atomic E-state index is 12.0. The molecule has 1 amide bonds. The number of hydrogen-bond acceptors (Lipinski definition) is 6. The van der Waals surface area contributed by atoms with Crippen LogP contribution in [0.15, 0.2) is 53.3 Å². The van der Waals surface area contributed by atoms with E-state index in [0.29, 0.717) is 27.9 Å². The van der Waals surface area contributed by atoms with Crippen LogP contribution in [-0.2, 0) is 4.79 Å². The summed E-state index contributed by atoms with van der Waals surface area (Å²) in [6, 6.07) is 13.5. The highest BCUT2D eigenvalue weighted by Crippen LogP contribution is 2.21. The first kappa shape index (κ1) is 16.5. The lowest BCUT2D eigenvalue weighted by molar-refractivity contribution is -0.118. The Bertz CT molecular complexity index is 918. The van der Waals surface area contributed by atoms with E-state index < -0.39 is 5.91 Å². The summed E-state index contributed by atoms with van der Waals surface area (Å²) in [6.07, 6.45) is 1.25. The van der Waals surface area contributed by atoms with Gasteiger partial charge in [0.05, 0.1) is 11.3 Å². The van der Waals surface area contributed by atoms with Crippen LogP contribution in [0.5, 0.6) is 5.75 Å². The number of carbonyl (C=O) groups excluding carboxylic acids is 1. The van der Waals surface area contributed by atoms with Crippen LogP contribution < -0.4 is 10.1 Å². The van der Waals surface area contributed by atoms with E-state index in [1.54, 1.807) is 30.3 Å². The van der Waals surface area contributed by atoms with Gasteiger partial charge in [0.25, 0.3) is 5.91 Å². The summed E-state index contributed by atoms with van der Waals surface area (Å²) in [4.78, 5) is 12.0. The van der Waals surface area contributed by atoms with Crippen LogP contribution in [0.25, 0.3) is 11.5 Å². The molecule has 0 bridgehead atoms. The molecule has 124 valence electrons. The summed E-state index contributed by atoms with van der Waals surface area (Å²) in [5.41, 5.74) is 1.41. The number of rotatable bonds is 5. The molecule has 1 N–H and O–H groups in total. The summed E-state index contributed by atoms with van der Waals surface area (Å²) in [7, 11) is 0. The van der Waals surface area contributed by atoms with E-state index in [0.717, 1.165) is 5.56 Å². The minimum Gasteiger partial charge on any atom is -0.484 e. The third-order valence-electron chi connectivity index (χ3n) is 3.21.